The molecule has 3 amide bonds. The van der Waals surface area contributed by atoms with E-state index in [2.05, 4.69) is 16.0 Å². The van der Waals surface area contributed by atoms with Crippen LogP contribution in [0.1, 0.15) is 34.6 Å². The molecule has 220 valence electrons. The number of piperazine rings is 1. The number of hydrogen-bond acceptors (Lipinski definition) is 9. The van der Waals surface area contributed by atoms with Crippen LogP contribution in [0.4, 0.5) is 16.2 Å². The van der Waals surface area contributed by atoms with Crippen molar-refractivity contribution >= 4 is 52.4 Å². The van der Waals surface area contributed by atoms with Gasteiger partial charge < -0.3 is 25.6 Å². The Morgan fingerprint density at radius 1 is 1.12 bits per heavy atom. The second-order valence-corrected chi connectivity index (χ2v) is 11.4. The Labute approximate surface area is 242 Å². The summed E-state index contributed by atoms with van der Waals surface area (Å²) in [4.78, 5) is 53.8. The first-order valence-electron chi connectivity index (χ1n) is 13.4. The molecule has 0 bridgehead atoms. The maximum Gasteiger partial charge on any atom is 0.410 e. The van der Waals surface area contributed by atoms with Crippen LogP contribution in [0.2, 0.25) is 0 Å². The number of ether oxygens (including phenoxy) is 1. The predicted octanol–water partition coefficient (Wildman–Crippen LogP) is 1.08. The lowest BCUT2D eigenvalue weighted by atomic mass is 10.2. The molecule has 1 aromatic heterocycles. The van der Waals surface area contributed by atoms with Crippen molar-refractivity contribution < 1.29 is 19.1 Å². The van der Waals surface area contributed by atoms with Gasteiger partial charge in [-0.3, -0.25) is 23.9 Å². The van der Waals surface area contributed by atoms with Crippen molar-refractivity contribution in [2.75, 3.05) is 49.9 Å². The van der Waals surface area contributed by atoms with Crippen LogP contribution in [-0.4, -0.2) is 77.1 Å². The van der Waals surface area contributed by atoms with Crippen molar-refractivity contribution in [3.8, 4) is 6.07 Å². The second-order valence-electron chi connectivity index (χ2n) is 10.3. The number of aromatic nitrogens is 1. The third kappa shape index (κ3) is 8.67. The maximum atomic E-state index is 12.9. The number of rotatable bonds is 8. The fourth-order valence-corrected chi connectivity index (χ4v) is 5.18. The number of benzene rings is 1. The lowest BCUT2D eigenvalue weighted by molar-refractivity contribution is -0.117. The number of amides is 3. The molecule has 3 rings (SSSR count). The summed E-state index contributed by atoms with van der Waals surface area (Å²) >= 11 is 1.06. The molecule has 2 heterocycles. The van der Waals surface area contributed by atoms with Crippen molar-refractivity contribution in [2.45, 2.75) is 46.8 Å². The molecule has 13 heteroatoms. The monoisotopic (exact) mass is 583 g/mol. The average molecular weight is 584 g/mol. The quantitative estimate of drug-likeness (QED) is 0.418. The molecule has 0 atom stereocenters. The maximum absolute atomic E-state index is 12.9. The molecule has 1 aliphatic heterocycles. The molecule has 2 aromatic rings. The molecule has 1 aliphatic rings. The van der Waals surface area contributed by atoms with E-state index >= 15 is 0 Å². The number of nitrogens with zero attached hydrogens (tertiary/aromatic N) is 4. The van der Waals surface area contributed by atoms with Crippen LogP contribution in [0.3, 0.4) is 0 Å². The second kappa shape index (κ2) is 14.0. The fraction of sp³-hybridized carbons (Fsp3) is 0.464. The summed E-state index contributed by atoms with van der Waals surface area (Å²) in [6, 6.07) is 8.98. The van der Waals surface area contributed by atoms with Crippen molar-refractivity contribution in [1.29, 1.82) is 5.26 Å². The van der Waals surface area contributed by atoms with Crippen molar-refractivity contribution in [3.63, 3.8) is 0 Å². The Balaban J connectivity index is 1.65. The number of hydrogen-bond donors (Lipinski definition) is 3. The van der Waals surface area contributed by atoms with E-state index in [1.54, 1.807) is 43.0 Å². The van der Waals surface area contributed by atoms with Crippen molar-refractivity contribution in [1.82, 2.24) is 19.7 Å². The lowest BCUT2D eigenvalue weighted by Crippen LogP contribution is -2.51. The zero-order valence-corrected chi connectivity index (χ0v) is 24.9. The standard InChI is InChI=1S/C28H37N7O5S/c1-6-30-24(37)21(16-29)26-35(7-2)25(38)22(41-26)17-31-19-9-8-10-20(15-19)32-23(36)18-33-11-13-34(14-12-33)27(39)40-28(3,4)5/h8-10,15,17,31H,6-7,11-14,18H2,1-5H3,(H,30,37)(H,32,36)/b22-17+,26-21-. The molecular formula is C28H37N7O5S. The minimum atomic E-state index is -0.553. The zero-order valence-electron chi connectivity index (χ0n) is 24.1. The molecule has 41 heavy (non-hydrogen) atoms. The number of carbonyl (C=O) groups is 3. The van der Waals surface area contributed by atoms with E-state index in [4.69, 9.17) is 4.74 Å². The third-order valence-corrected chi connectivity index (χ3v) is 7.15. The van der Waals surface area contributed by atoms with Crippen LogP contribution < -0.4 is 30.7 Å². The first kappa shape index (κ1) is 31.4. The molecule has 1 saturated heterocycles. The normalized spacial score (nSPS) is 15.1. The highest BCUT2D eigenvalue weighted by Crippen LogP contribution is 2.16. The Bertz CT molecular complexity index is 1490. The number of carbonyl (C=O) groups excluding carboxylic acids is 3. The summed E-state index contributed by atoms with van der Waals surface area (Å²) in [6.07, 6.45) is 1.18. The minimum absolute atomic E-state index is 0.105. The minimum Gasteiger partial charge on any atom is -0.444 e. The molecule has 0 unspecified atom stereocenters. The third-order valence-electron chi connectivity index (χ3n) is 6.02. The van der Waals surface area contributed by atoms with Crippen LogP contribution in [-0.2, 0) is 20.9 Å². The van der Waals surface area contributed by atoms with Gasteiger partial charge in [0.1, 0.15) is 20.9 Å². The van der Waals surface area contributed by atoms with Gasteiger partial charge in [-0.1, -0.05) is 6.07 Å². The highest BCUT2D eigenvalue weighted by Gasteiger charge is 2.26. The largest absolute Gasteiger partial charge is 0.444 e. The Morgan fingerprint density at radius 2 is 1.80 bits per heavy atom. The lowest BCUT2D eigenvalue weighted by Gasteiger charge is -2.35. The number of nitriles is 1. The van der Waals surface area contributed by atoms with Gasteiger partial charge in [-0.25, -0.2) is 4.79 Å². The Hall–Kier alpha value is -4.15. The SMILES string of the molecule is CCNC(=O)/C(C#N)=c1\s/c(=C/Nc2cccc(NC(=O)CN3CCN(C(=O)OC(C)(C)C)CC3)c2)c(=O)n1CC. The molecular weight excluding hydrogens is 546 g/mol. The summed E-state index contributed by atoms with van der Waals surface area (Å²) in [5, 5.41) is 18.1. The van der Waals surface area contributed by atoms with Crippen molar-refractivity contribution in [2.24, 2.45) is 0 Å². The van der Waals surface area contributed by atoms with Crippen LogP contribution >= 0.6 is 11.3 Å². The number of nitrogens with one attached hydrogen (secondary N) is 3. The molecule has 0 radical (unpaired) electrons. The molecule has 1 aromatic carbocycles. The van der Waals surface area contributed by atoms with Gasteiger partial charge in [-0.05, 0) is 52.8 Å². The number of anilines is 2. The Kier molecular flexibility index (Phi) is 10.7. The predicted molar refractivity (Wildman–Crippen MR) is 159 cm³/mol. The van der Waals surface area contributed by atoms with E-state index < -0.39 is 11.5 Å². The molecule has 1 fully saturated rings. The van der Waals surface area contributed by atoms with Gasteiger partial charge in [-0.2, -0.15) is 5.26 Å². The van der Waals surface area contributed by atoms with E-state index in [9.17, 15) is 24.4 Å². The molecule has 12 nitrogen and oxygen atoms in total. The van der Waals surface area contributed by atoms with Crippen LogP contribution in [0.25, 0.3) is 11.8 Å². The molecule has 3 N–H and O–H groups in total. The first-order valence-corrected chi connectivity index (χ1v) is 14.3. The summed E-state index contributed by atoms with van der Waals surface area (Å²) < 4.78 is 7.45. The molecule has 0 spiro atoms. The summed E-state index contributed by atoms with van der Waals surface area (Å²) in [5.74, 6) is -0.707. The van der Waals surface area contributed by atoms with Gasteiger partial charge in [0, 0.05) is 56.8 Å². The van der Waals surface area contributed by atoms with Crippen LogP contribution in [0.15, 0.2) is 29.1 Å². The van der Waals surface area contributed by atoms with Gasteiger partial charge in [0.05, 0.1) is 6.54 Å². The summed E-state index contributed by atoms with van der Waals surface area (Å²) in [7, 11) is 0. The average Bonchev–Trinajstić information content (AvgIpc) is 3.22. The van der Waals surface area contributed by atoms with Gasteiger partial charge >= 0.3 is 6.09 Å². The van der Waals surface area contributed by atoms with E-state index in [1.807, 2.05) is 31.7 Å². The number of thiazole rings is 1. The van der Waals surface area contributed by atoms with Crippen LogP contribution in [0.5, 0.6) is 0 Å². The zero-order chi connectivity index (χ0) is 30.2. The van der Waals surface area contributed by atoms with E-state index in [0.29, 0.717) is 59.8 Å². The highest BCUT2D eigenvalue weighted by molar-refractivity contribution is 7.07. The smallest absolute Gasteiger partial charge is 0.410 e. The van der Waals surface area contributed by atoms with Crippen LogP contribution in [0, 0.1) is 11.3 Å². The van der Waals surface area contributed by atoms with Gasteiger partial charge in [0.15, 0.2) is 5.57 Å². The highest BCUT2D eigenvalue weighted by atomic mass is 32.1. The van der Waals surface area contributed by atoms with Gasteiger partial charge in [0.25, 0.3) is 11.5 Å². The molecule has 0 aliphatic carbocycles. The van der Waals surface area contributed by atoms with Gasteiger partial charge in [-0.15, -0.1) is 11.3 Å². The summed E-state index contributed by atoms with van der Waals surface area (Å²) in [6.45, 7) is 12.0. The topological polar surface area (TPSA) is 149 Å². The van der Waals surface area contributed by atoms with E-state index in [-0.39, 0.29) is 29.7 Å². The Morgan fingerprint density at radius 3 is 2.41 bits per heavy atom. The van der Waals surface area contributed by atoms with Crippen molar-refractivity contribution in [3.05, 3.63) is 43.8 Å². The van der Waals surface area contributed by atoms with E-state index in [1.165, 1.54) is 10.8 Å². The first-order chi connectivity index (χ1) is 19.4. The van der Waals surface area contributed by atoms with Gasteiger partial charge in [0.2, 0.25) is 5.91 Å². The fourth-order valence-electron chi connectivity index (χ4n) is 4.09. The summed E-state index contributed by atoms with van der Waals surface area (Å²) in [5.41, 5.74) is 0.247. The van der Waals surface area contributed by atoms with E-state index in [0.717, 1.165) is 11.3 Å². The molecule has 0 saturated carbocycles.